The first-order chi connectivity index (χ1) is 9.72. The summed E-state index contributed by atoms with van der Waals surface area (Å²) < 4.78 is 19.1. The van der Waals surface area contributed by atoms with Gasteiger partial charge < -0.3 is 15.0 Å². The van der Waals surface area contributed by atoms with Gasteiger partial charge in [-0.3, -0.25) is 0 Å². The van der Waals surface area contributed by atoms with E-state index in [0.717, 1.165) is 36.8 Å². The first-order valence-corrected chi connectivity index (χ1v) is 7.44. The third kappa shape index (κ3) is 3.93. The van der Waals surface area contributed by atoms with E-state index in [9.17, 15) is 4.39 Å². The van der Waals surface area contributed by atoms with Crippen LogP contribution in [0.2, 0.25) is 0 Å². The molecule has 0 saturated carbocycles. The van der Waals surface area contributed by atoms with Gasteiger partial charge >= 0.3 is 0 Å². The number of ether oxygens (including phenoxy) is 1. The first kappa shape index (κ1) is 15.3. The van der Waals surface area contributed by atoms with Crippen LogP contribution in [0.4, 0.5) is 10.1 Å². The van der Waals surface area contributed by atoms with Crippen molar-refractivity contribution in [2.45, 2.75) is 26.3 Å². The van der Waals surface area contributed by atoms with E-state index in [1.807, 2.05) is 6.07 Å². The molecule has 1 aliphatic rings. The molecule has 0 radical (unpaired) electrons. The number of benzene rings is 1. The smallest absolute Gasteiger partial charge is 0.129 e. The standard InChI is InChI=1S/C16H25FN2O/c1-13-6-9-19(10-7-13)16-5-3-4-15(17)14(16)12-18-8-11-20-2/h3-5,13,18H,6-12H2,1-2H3. The molecule has 1 aliphatic heterocycles. The van der Waals surface area contributed by atoms with Crippen molar-refractivity contribution in [3.63, 3.8) is 0 Å². The molecule has 0 atom stereocenters. The van der Waals surface area contributed by atoms with Crippen molar-refractivity contribution in [1.29, 1.82) is 0 Å². The number of halogens is 1. The maximum Gasteiger partial charge on any atom is 0.129 e. The fourth-order valence-electron chi connectivity index (χ4n) is 2.66. The molecule has 0 aromatic heterocycles. The Kier molecular flexibility index (Phi) is 5.80. The van der Waals surface area contributed by atoms with Crippen LogP contribution in [0.1, 0.15) is 25.3 Å². The second kappa shape index (κ2) is 7.60. The van der Waals surface area contributed by atoms with Gasteiger partial charge in [0, 0.05) is 44.5 Å². The van der Waals surface area contributed by atoms with Gasteiger partial charge in [-0.05, 0) is 30.9 Å². The van der Waals surface area contributed by atoms with E-state index in [2.05, 4.69) is 17.1 Å². The third-order valence-electron chi connectivity index (χ3n) is 4.00. The lowest BCUT2D eigenvalue weighted by Gasteiger charge is -2.33. The maximum absolute atomic E-state index is 14.1. The van der Waals surface area contributed by atoms with E-state index in [4.69, 9.17) is 4.74 Å². The molecule has 1 aromatic carbocycles. The first-order valence-electron chi connectivity index (χ1n) is 7.44. The molecule has 2 rings (SSSR count). The Morgan fingerprint density at radius 2 is 2.10 bits per heavy atom. The predicted octanol–water partition coefficient (Wildman–Crippen LogP) is 2.80. The van der Waals surface area contributed by atoms with Gasteiger partial charge in [0.15, 0.2) is 0 Å². The Morgan fingerprint density at radius 1 is 1.35 bits per heavy atom. The van der Waals surface area contributed by atoms with Gasteiger partial charge in [0.05, 0.1) is 6.61 Å². The Labute approximate surface area is 121 Å². The minimum atomic E-state index is -0.119. The van der Waals surface area contributed by atoms with Crippen molar-refractivity contribution in [2.24, 2.45) is 5.92 Å². The monoisotopic (exact) mass is 280 g/mol. The third-order valence-corrected chi connectivity index (χ3v) is 4.00. The Morgan fingerprint density at radius 3 is 2.80 bits per heavy atom. The molecular formula is C16H25FN2O. The molecule has 0 unspecified atom stereocenters. The Hall–Kier alpha value is -1.13. The zero-order chi connectivity index (χ0) is 14.4. The Balaban J connectivity index is 2.05. The normalized spacial score (nSPS) is 16.6. The highest BCUT2D eigenvalue weighted by atomic mass is 19.1. The molecule has 0 aliphatic carbocycles. The summed E-state index contributed by atoms with van der Waals surface area (Å²) in [6, 6.07) is 5.39. The van der Waals surface area contributed by atoms with Gasteiger partial charge in [0.1, 0.15) is 5.82 Å². The van der Waals surface area contributed by atoms with Crippen LogP contribution in [0.25, 0.3) is 0 Å². The van der Waals surface area contributed by atoms with Crippen molar-refractivity contribution in [1.82, 2.24) is 5.32 Å². The molecule has 1 fully saturated rings. The number of nitrogens with one attached hydrogen (secondary N) is 1. The fraction of sp³-hybridized carbons (Fsp3) is 0.625. The lowest BCUT2D eigenvalue weighted by Crippen LogP contribution is -2.34. The zero-order valence-corrected chi connectivity index (χ0v) is 12.5. The average molecular weight is 280 g/mol. The minimum absolute atomic E-state index is 0.119. The number of anilines is 1. The van der Waals surface area contributed by atoms with E-state index in [-0.39, 0.29) is 5.82 Å². The van der Waals surface area contributed by atoms with Crippen LogP contribution in [0.15, 0.2) is 18.2 Å². The number of piperidine rings is 1. The molecule has 1 heterocycles. The summed E-state index contributed by atoms with van der Waals surface area (Å²) in [5.41, 5.74) is 1.82. The highest BCUT2D eigenvalue weighted by Gasteiger charge is 2.19. The summed E-state index contributed by atoms with van der Waals surface area (Å²) in [5.74, 6) is 0.661. The maximum atomic E-state index is 14.1. The van der Waals surface area contributed by atoms with Crippen LogP contribution < -0.4 is 10.2 Å². The second-order valence-corrected chi connectivity index (χ2v) is 5.58. The molecule has 3 nitrogen and oxygen atoms in total. The predicted molar refractivity (Wildman–Crippen MR) is 80.6 cm³/mol. The molecule has 1 N–H and O–H groups in total. The fourth-order valence-corrected chi connectivity index (χ4v) is 2.66. The van der Waals surface area contributed by atoms with Gasteiger partial charge in [-0.25, -0.2) is 4.39 Å². The molecule has 20 heavy (non-hydrogen) atoms. The lowest BCUT2D eigenvalue weighted by molar-refractivity contribution is 0.199. The van der Waals surface area contributed by atoms with Crippen LogP contribution in [-0.2, 0) is 11.3 Å². The van der Waals surface area contributed by atoms with Gasteiger partial charge in [0.2, 0.25) is 0 Å². The molecule has 1 saturated heterocycles. The van der Waals surface area contributed by atoms with Crippen molar-refractivity contribution < 1.29 is 9.13 Å². The van der Waals surface area contributed by atoms with Crippen LogP contribution >= 0.6 is 0 Å². The van der Waals surface area contributed by atoms with E-state index < -0.39 is 0 Å². The van der Waals surface area contributed by atoms with Crippen molar-refractivity contribution in [2.75, 3.05) is 38.3 Å². The molecule has 112 valence electrons. The largest absolute Gasteiger partial charge is 0.383 e. The summed E-state index contributed by atoms with van der Waals surface area (Å²) in [5, 5.41) is 3.24. The number of nitrogens with zero attached hydrogens (tertiary/aromatic N) is 1. The summed E-state index contributed by atoms with van der Waals surface area (Å²) in [6.45, 7) is 6.27. The number of rotatable bonds is 6. The summed E-state index contributed by atoms with van der Waals surface area (Å²) in [6.07, 6.45) is 2.38. The molecule has 4 heteroatoms. The highest BCUT2D eigenvalue weighted by molar-refractivity contribution is 5.54. The van der Waals surface area contributed by atoms with Gasteiger partial charge in [-0.1, -0.05) is 13.0 Å². The molecule has 0 spiro atoms. The zero-order valence-electron chi connectivity index (χ0n) is 12.5. The molecule has 1 aromatic rings. The second-order valence-electron chi connectivity index (χ2n) is 5.58. The van der Waals surface area contributed by atoms with Gasteiger partial charge in [0.25, 0.3) is 0 Å². The van der Waals surface area contributed by atoms with Crippen molar-refractivity contribution >= 4 is 5.69 Å². The van der Waals surface area contributed by atoms with Crippen LogP contribution in [0.3, 0.4) is 0 Å². The van der Waals surface area contributed by atoms with Crippen molar-refractivity contribution in [3.8, 4) is 0 Å². The topological polar surface area (TPSA) is 24.5 Å². The van der Waals surface area contributed by atoms with Crippen LogP contribution in [0.5, 0.6) is 0 Å². The average Bonchev–Trinajstić information content (AvgIpc) is 2.46. The molecular weight excluding hydrogens is 255 g/mol. The number of hydrogen-bond acceptors (Lipinski definition) is 3. The highest BCUT2D eigenvalue weighted by Crippen LogP contribution is 2.27. The van der Waals surface area contributed by atoms with E-state index in [1.165, 1.54) is 12.8 Å². The van der Waals surface area contributed by atoms with Gasteiger partial charge in [-0.2, -0.15) is 0 Å². The summed E-state index contributed by atoms with van der Waals surface area (Å²) in [4.78, 5) is 2.32. The molecule has 0 bridgehead atoms. The SMILES string of the molecule is COCCNCc1c(F)cccc1N1CCC(C)CC1. The molecule has 0 amide bonds. The van der Waals surface area contributed by atoms with Crippen molar-refractivity contribution in [3.05, 3.63) is 29.6 Å². The van der Waals surface area contributed by atoms with E-state index in [0.29, 0.717) is 13.2 Å². The summed E-state index contributed by atoms with van der Waals surface area (Å²) >= 11 is 0. The lowest BCUT2D eigenvalue weighted by atomic mass is 9.98. The number of methoxy groups -OCH3 is 1. The summed E-state index contributed by atoms with van der Waals surface area (Å²) in [7, 11) is 1.67. The quantitative estimate of drug-likeness (QED) is 0.811. The van der Waals surface area contributed by atoms with Crippen LogP contribution in [-0.4, -0.2) is 33.4 Å². The van der Waals surface area contributed by atoms with Gasteiger partial charge in [-0.15, -0.1) is 0 Å². The van der Waals surface area contributed by atoms with Crippen LogP contribution in [0, 0.1) is 11.7 Å². The number of hydrogen-bond donors (Lipinski definition) is 1. The van der Waals surface area contributed by atoms with E-state index in [1.54, 1.807) is 19.2 Å². The Bertz CT molecular complexity index is 417. The minimum Gasteiger partial charge on any atom is -0.383 e. The van der Waals surface area contributed by atoms with E-state index >= 15 is 0 Å².